The molecular formula is C16H23N3OS. The predicted octanol–water partition coefficient (Wildman–Crippen LogP) is 2.75. The van der Waals surface area contributed by atoms with Gasteiger partial charge in [-0.05, 0) is 42.8 Å². The molecule has 3 heterocycles. The van der Waals surface area contributed by atoms with Gasteiger partial charge < -0.3 is 15.0 Å². The SMILES string of the molecule is COCCNCC1CCN(c2nccc3sccc23)CC1. The minimum atomic E-state index is 0.778. The molecule has 4 nitrogen and oxygen atoms in total. The van der Waals surface area contributed by atoms with Gasteiger partial charge >= 0.3 is 0 Å². The fraction of sp³-hybridized carbons (Fsp3) is 0.562. The van der Waals surface area contributed by atoms with Crippen LogP contribution in [0.2, 0.25) is 0 Å². The molecule has 1 N–H and O–H groups in total. The van der Waals surface area contributed by atoms with Crippen LogP contribution in [0.15, 0.2) is 23.7 Å². The summed E-state index contributed by atoms with van der Waals surface area (Å²) < 4.78 is 6.40. The van der Waals surface area contributed by atoms with Crippen LogP contribution in [0.3, 0.4) is 0 Å². The van der Waals surface area contributed by atoms with Crippen molar-refractivity contribution < 1.29 is 4.74 Å². The van der Waals surface area contributed by atoms with Crippen molar-refractivity contribution in [3.8, 4) is 0 Å². The molecule has 0 unspecified atom stereocenters. The Hall–Kier alpha value is -1.17. The molecule has 0 atom stereocenters. The van der Waals surface area contributed by atoms with Gasteiger partial charge in [0, 0.05) is 43.0 Å². The van der Waals surface area contributed by atoms with Crippen molar-refractivity contribution in [1.82, 2.24) is 10.3 Å². The lowest BCUT2D eigenvalue weighted by atomic mass is 9.96. The van der Waals surface area contributed by atoms with E-state index in [4.69, 9.17) is 4.74 Å². The van der Waals surface area contributed by atoms with Gasteiger partial charge in [-0.2, -0.15) is 0 Å². The fourth-order valence-electron chi connectivity index (χ4n) is 2.96. The standard InChI is InChI=1S/C16H23N3OS/c1-20-10-7-17-12-13-3-8-19(9-4-13)16-14-5-11-21-15(14)2-6-18-16/h2,5-6,11,13,17H,3-4,7-10,12H2,1H3. The fourth-order valence-corrected chi connectivity index (χ4v) is 3.74. The highest BCUT2D eigenvalue weighted by Crippen LogP contribution is 2.30. The van der Waals surface area contributed by atoms with E-state index in [9.17, 15) is 0 Å². The molecule has 0 aromatic carbocycles. The summed E-state index contributed by atoms with van der Waals surface area (Å²) in [6, 6.07) is 4.30. The maximum absolute atomic E-state index is 5.06. The van der Waals surface area contributed by atoms with E-state index in [1.165, 1.54) is 28.7 Å². The molecule has 1 aliphatic rings. The summed E-state index contributed by atoms with van der Waals surface area (Å²) in [6.07, 6.45) is 4.41. The molecule has 114 valence electrons. The number of hydrogen-bond donors (Lipinski definition) is 1. The Morgan fingerprint density at radius 1 is 1.38 bits per heavy atom. The summed E-state index contributed by atoms with van der Waals surface area (Å²) in [7, 11) is 1.75. The number of nitrogens with zero attached hydrogens (tertiary/aromatic N) is 2. The van der Waals surface area contributed by atoms with Crippen molar-refractivity contribution in [2.75, 3.05) is 44.8 Å². The monoisotopic (exact) mass is 305 g/mol. The lowest BCUT2D eigenvalue weighted by molar-refractivity contribution is 0.197. The molecule has 1 aliphatic heterocycles. The minimum Gasteiger partial charge on any atom is -0.383 e. The Labute approximate surface area is 130 Å². The van der Waals surface area contributed by atoms with Crippen LogP contribution in [-0.4, -0.2) is 44.9 Å². The van der Waals surface area contributed by atoms with Gasteiger partial charge in [0.1, 0.15) is 5.82 Å². The first-order valence-corrected chi connectivity index (χ1v) is 8.53. The van der Waals surface area contributed by atoms with E-state index in [0.29, 0.717) is 0 Å². The van der Waals surface area contributed by atoms with Gasteiger partial charge in [-0.25, -0.2) is 4.98 Å². The first kappa shape index (κ1) is 14.8. The molecule has 0 spiro atoms. The van der Waals surface area contributed by atoms with Crippen molar-refractivity contribution in [2.45, 2.75) is 12.8 Å². The minimum absolute atomic E-state index is 0.778. The average molecular weight is 305 g/mol. The highest BCUT2D eigenvalue weighted by Gasteiger charge is 2.21. The second-order valence-electron chi connectivity index (χ2n) is 5.59. The topological polar surface area (TPSA) is 37.4 Å². The van der Waals surface area contributed by atoms with Gasteiger partial charge in [0.05, 0.1) is 6.61 Å². The number of rotatable bonds is 6. The third kappa shape index (κ3) is 3.54. The predicted molar refractivity (Wildman–Crippen MR) is 89.3 cm³/mol. The van der Waals surface area contributed by atoms with Crippen LogP contribution in [-0.2, 0) is 4.74 Å². The van der Waals surface area contributed by atoms with Gasteiger partial charge in [0.15, 0.2) is 0 Å². The molecule has 2 aromatic heterocycles. The second-order valence-corrected chi connectivity index (χ2v) is 6.54. The number of aromatic nitrogens is 1. The third-order valence-electron chi connectivity index (χ3n) is 4.19. The Bertz CT molecular complexity index is 563. The smallest absolute Gasteiger partial charge is 0.137 e. The Kier molecular flexibility index (Phi) is 5.06. The van der Waals surface area contributed by atoms with E-state index in [1.807, 2.05) is 6.20 Å². The molecule has 3 rings (SSSR count). The summed E-state index contributed by atoms with van der Waals surface area (Å²) in [5.74, 6) is 1.94. The van der Waals surface area contributed by atoms with Gasteiger partial charge in [0.2, 0.25) is 0 Å². The molecule has 0 bridgehead atoms. The molecule has 2 aromatic rings. The number of piperidine rings is 1. The number of anilines is 1. The van der Waals surface area contributed by atoms with Crippen LogP contribution in [0.5, 0.6) is 0 Å². The highest BCUT2D eigenvalue weighted by atomic mass is 32.1. The van der Waals surface area contributed by atoms with Crippen molar-refractivity contribution in [1.29, 1.82) is 0 Å². The van der Waals surface area contributed by atoms with Crippen LogP contribution < -0.4 is 10.2 Å². The second kappa shape index (κ2) is 7.20. The number of pyridine rings is 1. The lowest BCUT2D eigenvalue weighted by Gasteiger charge is -2.33. The average Bonchev–Trinajstić information content (AvgIpc) is 3.01. The molecule has 1 fully saturated rings. The van der Waals surface area contributed by atoms with E-state index >= 15 is 0 Å². The zero-order chi connectivity index (χ0) is 14.5. The third-order valence-corrected chi connectivity index (χ3v) is 5.07. The molecule has 0 amide bonds. The van der Waals surface area contributed by atoms with Crippen LogP contribution in [0, 0.1) is 5.92 Å². The van der Waals surface area contributed by atoms with Crippen molar-refractivity contribution in [2.24, 2.45) is 5.92 Å². The molecule has 0 radical (unpaired) electrons. The summed E-state index contributed by atoms with van der Waals surface area (Å²) in [5, 5.41) is 6.94. The van der Waals surface area contributed by atoms with Crippen LogP contribution in [0.25, 0.3) is 10.1 Å². The zero-order valence-corrected chi connectivity index (χ0v) is 13.4. The Morgan fingerprint density at radius 3 is 3.05 bits per heavy atom. The first-order chi connectivity index (χ1) is 10.4. The normalized spacial score (nSPS) is 16.7. The zero-order valence-electron chi connectivity index (χ0n) is 12.5. The Morgan fingerprint density at radius 2 is 2.24 bits per heavy atom. The van der Waals surface area contributed by atoms with E-state index in [0.717, 1.165) is 38.7 Å². The maximum atomic E-state index is 5.06. The number of fused-ring (bicyclic) bond motifs is 1. The summed E-state index contributed by atoms with van der Waals surface area (Å²) in [4.78, 5) is 7.06. The van der Waals surface area contributed by atoms with E-state index in [1.54, 1.807) is 18.4 Å². The number of hydrogen-bond acceptors (Lipinski definition) is 5. The number of nitrogens with one attached hydrogen (secondary N) is 1. The van der Waals surface area contributed by atoms with Crippen molar-refractivity contribution >= 4 is 27.2 Å². The van der Waals surface area contributed by atoms with E-state index < -0.39 is 0 Å². The summed E-state index contributed by atoms with van der Waals surface area (Å²) in [6.45, 7) is 5.07. The van der Waals surface area contributed by atoms with Gasteiger partial charge in [-0.15, -0.1) is 11.3 Å². The number of thiophene rings is 1. The maximum Gasteiger partial charge on any atom is 0.137 e. The molecule has 21 heavy (non-hydrogen) atoms. The van der Waals surface area contributed by atoms with Crippen LogP contribution in [0.4, 0.5) is 5.82 Å². The molecular weight excluding hydrogens is 282 g/mol. The molecule has 0 aliphatic carbocycles. The molecule has 0 saturated carbocycles. The van der Waals surface area contributed by atoms with Crippen molar-refractivity contribution in [3.63, 3.8) is 0 Å². The lowest BCUT2D eigenvalue weighted by Crippen LogP contribution is -2.38. The van der Waals surface area contributed by atoms with Gasteiger partial charge in [-0.1, -0.05) is 0 Å². The van der Waals surface area contributed by atoms with Crippen LogP contribution in [0.1, 0.15) is 12.8 Å². The van der Waals surface area contributed by atoms with Gasteiger partial charge in [-0.3, -0.25) is 0 Å². The summed E-state index contributed by atoms with van der Waals surface area (Å²) >= 11 is 1.79. The van der Waals surface area contributed by atoms with Gasteiger partial charge in [0.25, 0.3) is 0 Å². The number of ether oxygens (including phenoxy) is 1. The summed E-state index contributed by atoms with van der Waals surface area (Å²) in [5.41, 5.74) is 0. The quantitative estimate of drug-likeness (QED) is 0.833. The largest absolute Gasteiger partial charge is 0.383 e. The Balaban J connectivity index is 1.55. The van der Waals surface area contributed by atoms with Crippen LogP contribution >= 0.6 is 11.3 Å². The van der Waals surface area contributed by atoms with E-state index in [-0.39, 0.29) is 0 Å². The number of methoxy groups -OCH3 is 1. The highest BCUT2D eigenvalue weighted by molar-refractivity contribution is 7.17. The first-order valence-electron chi connectivity index (χ1n) is 7.65. The van der Waals surface area contributed by atoms with Crippen molar-refractivity contribution in [3.05, 3.63) is 23.7 Å². The molecule has 1 saturated heterocycles. The molecule has 5 heteroatoms. The van der Waals surface area contributed by atoms with E-state index in [2.05, 4.69) is 32.7 Å².